The van der Waals surface area contributed by atoms with Crippen LogP contribution in [-0.2, 0) is 14.3 Å². The van der Waals surface area contributed by atoms with E-state index in [1.807, 2.05) is 16.7 Å². The molecule has 0 saturated carbocycles. The number of ether oxygens (including phenoxy) is 1. The average Bonchev–Trinajstić information content (AvgIpc) is 2.62. The molecule has 136 valence electrons. The number of amides is 1. The van der Waals surface area contributed by atoms with Crippen molar-refractivity contribution in [3.05, 3.63) is 34.2 Å². The van der Waals surface area contributed by atoms with Gasteiger partial charge in [0.25, 0.3) is 5.56 Å². The molecule has 0 radical (unpaired) electrons. The number of nitrogens with one attached hydrogen (secondary N) is 2. The van der Waals surface area contributed by atoms with E-state index in [1.165, 1.54) is 7.11 Å². The first kappa shape index (κ1) is 17.7. The van der Waals surface area contributed by atoms with Gasteiger partial charge >= 0.3 is 5.97 Å². The van der Waals surface area contributed by atoms with Crippen LogP contribution < -0.4 is 16.2 Å². The zero-order chi connectivity index (χ0) is 17.8. The Morgan fingerprint density at radius 1 is 1.32 bits per heavy atom. The van der Waals surface area contributed by atoms with E-state index in [9.17, 15) is 14.4 Å². The van der Waals surface area contributed by atoms with Crippen molar-refractivity contribution in [2.24, 2.45) is 5.92 Å². The van der Waals surface area contributed by atoms with Crippen LogP contribution in [0.1, 0.15) is 43.3 Å². The first-order valence-corrected chi connectivity index (χ1v) is 8.86. The van der Waals surface area contributed by atoms with Crippen LogP contribution in [0.25, 0.3) is 0 Å². The minimum absolute atomic E-state index is 0.000889. The number of carbonyl (C=O) groups excluding carboxylic acids is 2. The van der Waals surface area contributed by atoms with Gasteiger partial charge in [-0.25, -0.2) is 0 Å². The Morgan fingerprint density at radius 3 is 2.96 bits per heavy atom. The first-order valence-electron chi connectivity index (χ1n) is 8.86. The van der Waals surface area contributed by atoms with Crippen LogP contribution in [0.2, 0.25) is 0 Å². The van der Waals surface area contributed by atoms with Crippen molar-refractivity contribution in [2.75, 3.05) is 26.7 Å². The highest BCUT2D eigenvalue weighted by atomic mass is 16.5. The number of hydrogen-bond donors (Lipinski definition) is 2. The molecule has 3 rings (SSSR count). The van der Waals surface area contributed by atoms with E-state index < -0.39 is 0 Å². The Hall–Kier alpha value is -2.15. The molecule has 2 bridgehead atoms. The maximum Gasteiger partial charge on any atom is 0.305 e. The lowest BCUT2D eigenvalue weighted by molar-refractivity contribution is -0.140. The third-order valence-electron chi connectivity index (χ3n) is 5.22. The molecule has 2 N–H and O–H groups in total. The normalized spacial score (nSPS) is 24.3. The van der Waals surface area contributed by atoms with Crippen LogP contribution in [0.3, 0.4) is 0 Å². The predicted molar refractivity (Wildman–Crippen MR) is 92.3 cm³/mol. The summed E-state index contributed by atoms with van der Waals surface area (Å²) in [5.41, 5.74) is 1.06. The van der Waals surface area contributed by atoms with E-state index in [2.05, 4.69) is 15.4 Å². The fourth-order valence-corrected chi connectivity index (χ4v) is 3.97. The van der Waals surface area contributed by atoms with Crippen LogP contribution in [0.5, 0.6) is 0 Å². The van der Waals surface area contributed by atoms with E-state index in [4.69, 9.17) is 0 Å². The lowest BCUT2D eigenvalue weighted by Gasteiger charge is -2.43. The molecule has 1 aromatic rings. The first-order chi connectivity index (χ1) is 12.1. The van der Waals surface area contributed by atoms with Crippen molar-refractivity contribution < 1.29 is 14.3 Å². The molecule has 1 saturated heterocycles. The smallest absolute Gasteiger partial charge is 0.305 e. The van der Waals surface area contributed by atoms with Gasteiger partial charge in [-0.05, 0) is 24.8 Å². The quantitative estimate of drug-likeness (QED) is 0.734. The molecule has 2 aliphatic rings. The van der Waals surface area contributed by atoms with Crippen LogP contribution in [0, 0.1) is 5.92 Å². The molecule has 1 fully saturated rings. The van der Waals surface area contributed by atoms with Gasteiger partial charge in [0.1, 0.15) is 0 Å². The van der Waals surface area contributed by atoms with Crippen molar-refractivity contribution in [3.8, 4) is 0 Å². The van der Waals surface area contributed by atoms with E-state index >= 15 is 0 Å². The standard InChI is InChI=1S/C18H25N3O4/c1-25-18(24)7-3-5-16(22)20-11-15-13-8-12(9-19-10-13)14-4-2-6-17(23)21(14)15/h2,4,6,12-13,15,19H,3,5,7-11H2,1H3,(H,20,22)/t12-,13+,15+/m1/s1. The Balaban J connectivity index is 1.64. The van der Waals surface area contributed by atoms with E-state index in [-0.39, 0.29) is 36.3 Å². The minimum Gasteiger partial charge on any atom is -0.469 e. The Labute approximate surface area is 146 Å². The van der Waals surface area contributed by atoms with Gasteiger partial charge in [-0.1, -0.05) is 6.07 Å². The number of aromatic nitrogens is 1. The van der Waals surface area contributed by atoms with Crippen molar-refractivity contribution in [1.82, 2.24) is 15.2 Å². The zero-order valence-electron chi connectivity index (χ0n) is 14.5. The van der Waals surface area contributed by atoms with Crippen LogP contribution in [-0.4, -0.2) is 43.2 Å². The molecule has 25 heavy (non-hydrogen) atoms. The summed E-state index contributed by atoms with van der Waals surface area (Å²) in [5, 5.41) is 6.38. The van der Waals surface area contributed by atoms with Gasteiger partial charge in [-0.2, -0.15) is 0 Å². The SMILES string of the molecule is COC(=O)CCCC(=O)NC[C@H]1[C@@H]2CNC[C@@H](C2)c2cccc(=O)n21. The number of methoxy groups -OCH3 is 1. The molecule has 0 spiro atoms. The highest BCUT2D eigenvalue weighted by molar-refractivity contribution is 5.77. The van der Waals surface area contributed by atoms with Gasteiger partial charge in [-0.15, -0.1) is 0 Å². The molecule has 7 nitrogen and oxygen atoms in total. The third kappa shape index (κ3) is 3.92. The number of nitrogens with zero attached hydrogens (tertiary/aromatic N) is 1. The second kappa shape index (κ2) is 7.82. The number of fused-ring (bicyclic) bond motifs is 4. The number of hydrogen-bond acceptors (Lipinski definition) is 5. The average molecular weight is 347 g/mol. The molecular weight excluding hydrogens is 322 g/mol. The van der Waals surface area contributed by atoms with E-state index in [0.29, 0.717) is 24.8 Å². The van der Waals surface area contributed by atoms with Gasteiger partial charge in [-0.3, -0.25) is 14.4 Å². The fourth-order valence-electron chi connectivity index (χ4n) is 3.97. The van der Waals surface area contributed by atoms with Crippen LogP contribution >= 0.6 is 0 Å². The largest absolute Gasteiger partial charge is 0.469 e. The number of piperidine rings is 1. The molecule has 3 atom stereocenters. The van der Waals surface area contributed by atoms with E-state index in [1.54, 1.807) is 6.07 Å². The van der Waals surface area contributed by atoms with Crippen molar-refractivity contribution in [3.63, 3.8) is 0 Å². The summed E-state index contributed by atoms with van der Waals surface area (Å²) < 4.78 is 6.44. The summed E-state index contributed by atoms with van der Waals surface area (Å²) in [5.74, 6) is 0.293. The monoisotopic (exact) mass is 347 g/mol. The summed E-state index contributed by atoms with van der Waals surface area (Å²) in [6, 6.07) is 5.38. The number of esters is 1. The van der Waals surface area contributed by atoms with Crippen molar-refractivity contribution in [1.29, 1.82) is 0 Å². The molecule has 2 aliphatic heterocycles. The van der Waals surface area contributed by atoms with Gasteiger partial charge in [0.2, 0.25) is 5.91 Å². The summed E-state index contributed by atoms with van der Waals surface area (Å²) in [4.78, 5) is 35.6. The zero-order valence-corrected chi connectivity index (χ0v) is 14.5. The lowest BCUT2D eigenvalue weighted by atomic mass is 9.79. The number of pyridine rings is 1. The maximum atomic E-state index is 12.4. The summed E-state index contributed by atoms with van der Waals surface area (Å²) in [6.07, 6.45) is 2.03. The molecule has 0 aliphatic carbocycles. The summed E-state index contributed by atoms with van der Waals surface area (Å²) >= 11 is 0. The number of carbonyl (C=O) groups is 2. The lowest BCUT2D eigenvalue weighted by Crippen LogP contribution is -2.50. The molecule has 3 heterocycles. The van der Waals surface area contributed by atoms with E-state index in [0.717, 1.165) is 25.2 Å². The van der Waals surface area contributed by atoms with Crippen LogP contribution in [0.15, 0.2) is 23.0 Å². The Morgan fingerprint density at radius 2 is 2.16 bits per heavy atom. The van der Waals surface area contributed by atoms with Crippen molar-refractivity contribution in [2.45, 2.75) is 37.6 Å². The van der Waals surface area contributed by atoms with Crippen molar-refractivity contribution >= 4 is 11.9 Å². The summed E-state index contributed by atoms with van der Waals surface area (Å²) in [6.45, 7) is 2.19. The topological polar surface area (TPSA) is 89.4 Å². The molecule has 7 heteroatoms. The summed E-state index contributed by atoms with van der Waals surface area (Å²) in [7, 11) is 1.34. The van der Waals surface area contributed by atoms with Gasteiger partial charge in [0, 0.05) is 50.2 Å². The van der Waals surface area contributed by atoms with Gasteiger partial charge < -0.3 is 19.9 Å². The highest BCUT2D eigenvalue weighted by Crippen LogP contribution is 2.37. The number of rotatable bonds is 6. The predicted octanol–water partition coefficient (Wildman–Crippen LogP) is 0.556. The molecule has 0 unspecified atom stereocenters. The third-order valence-corrected chi connectivity index (χ3v) is 5.22. The minimum atomic E-state index is -0.306. The molecular formula is C18H25N3O4. The Kier molecular flexibility index (Phi) is 5.53. The van der Waals surface area contributed by atoms with Gasteiger partial charge in [0.15, 0.2) is 0 Å². The second-order valence-corrected chi connectivity index (χ2v) is 6.81. The Bertz CT molecular complexity index is 700. The maximum absolute atomic E-state index is 12.4. The fraction of sp³-hybridized carbons (Fsp3) is 0.611. The second-order valence-electron chi connectivity index (χ2n) is 6.81. The molecule has 1 amide bonds. The van der Waals surface area contributed by atoms with Gasteiger partial charge in [0.05, 0.1) is 13.2 Å². The molecule has 0 aromatic carbocycles. The molecule has 1 aromatic heterocycles. The van der Waals surface area contributed by atoms with Crippen LogP contribution in [0.4, 0.5) is 0 Å². The highest BCUT2D eigenvalue weighted by Gasteiger charge is 2.37.